The van der Waals surface area contributed by atoms with Gasteiger partial charge in [-0.05, 0) is 25.0 Å². The first-order valence-electron chi connectivity index (χ1n) is 7.23. The van der Waals surface area contributed by atoms with Crippen LogP contribution < -0.4 is 10.6 Å². The van der Waals surface area contributed by atoms with E-state index in [-0.39, 0.29) is 24.5 Å². The molecule has 3 N–H and O–H groups in total. The Bertz CT molecular complexity index is 620. The van der Waals surface area contributed by atoms with Crippen LogP contribution in [-0.2, 0) is 25.2 Å². The number of carbonyl (C=O) groups excluding carboxylic acids is 2. The van der Waals surface area contributed by atoms with Gasteiger partial charge in [0.2, 0.25) is 11.8 Å². The fourth-order valence-electron chi connectivity index (χ4n) is 2.26. The summed E-state index contributed by atoms with van der Waals surface area (Å²) < 4.78 is 12.1. The van der Waals surface area contributed by atoms with E-state index in [4.69, 9.17) is 0 Å². The first kappa shape index (κ1) is 17.1. The quantitative estimate of drug-likeness (QED) is 0.649. The number of rotatable bonds is 7. The van der Waals surface area contributed by atoms with Crippen LogP contribution in [0.3, 0.4) is 0 Å². The van der Waals surface area contributed by atoms with E-state index >= 15 is 0 Å². The number of hydrogen-bond donors (Lipinski definition) is 3. The molecule has 1 aromatic carbocycles. The van der Waals surface area contributed by atoms with E-state index in [0.717, 1.165) is 0 Å². The summed E-state index contributed by atoms with van der Waals surface area (Å²) in [6.07, 6.45) is 0.657. The lowest BCUT2D eigenvalue weighted by atomic mass is 10.1. The molecule has 23 heavy (non-hydrogen) atoms. The Morgan fingerprint density at radius 1 is 1.35 bits per heavy atom. The molecule has 124 valence electrons. The third-order valence-electron chi connectivity index (χ3n) is 3.52. The summed E-state index contributed by atoms with van der Waals surface area (Å²) in [5, 5.41) is 14.1. The van der Waals surface area contributed by atoms with Crippen molar-refractivity contribution < 1.29 is 23.7 Å². The number of carboxylic acid groups (broad SMARTS) is 1. The molecule has 0 aliphatic carbocycles. The van der Waals surface area contributed by atoms with Crippen molar-refractivity contribution in [1.82, 2.24) is 10.6 Å². The Morgan fingerprint density at radius 2 is 2.04 bits per heavy atom. The van der Waals surface area contributed by atoms with Crippen LogP contribution in [0.4, 0.5) is 0 Å². The van der Waals surface area contributed by atoms with Gasteiger partial charge in [0.1, 0.15) is 12.1 Å². The fourth-order valence-corrected chi connectivity index (χ4v) is 3.40. The molecule has 0 unspecified atom stereocenters. The van der Waals surface area contributed by atoms with Gasteiger partial charge in [-0.15, -0.1) is 0 Å². The lowest BCUT2D eigenvalue weighted by molar-refractivity contribution is -0.142. The normalized spacial score (nSPS) is 19.7. The predicted molar refractivity (Wildman–Crippen MR) is 83.1 cm³/mol. The molecule has 8 heteroatoms. The minimum absolute atomic E-state index is 0.0449. The average Bonchev–Trinajstić information content (AvgIpc) is 2.98. The molecular weight excluding hydrogens is 320 g/mol. The van der Waals surface area contributed by atoms with Gasteiger partial charge in [0.15, 0.2) is 0 Å². The molecule has 0 spiro atoms. The van der Waals surface area contributed by atoms with Crippen molar-refractivity contribution in [3.05, 3.63) is 30.3 Å². The minimum atomic E-state index is -1.33. The molecule has 1 saturated heterocycles. The third kappa shape index (κ3) is 4.88. The number of carboxylic acids is 1. The molecule has 1 aromatic rings. The summed E-state index contributed by atoms with van der Waals surface area (Å²) in [7, 11) is -1.33. The van der Waals surface area contributed by atoms with Gasteiger partial charge in [0, 0.05) is 17.1 Å². The Morgan fingerprint density at radius 3 is 2.61 bits per heavy atom. The van der Waals surface area contributed by atoms with Gasteiger partial charge in [0.25, 0.3) is 0 Å². The van der Waals surface area contributed by atoms with Crippen molar-refractivity contribution in [3.8, 4) is 0 Å². The summed E-state index contributed by atoms with van der Waals surface area (Å²) in [6.45, 7) is 0. The zero-order valence-corrected chi connectivity index (χ0v) is 13.2. The molecule has 1 aliphatic rings. The van der Waals surface area contributed by atoms with E-state index in [2.05, 4.69) is 10.6 Å². The third-order valence-corrected chi connectivity index (χ3v) is 4.93. The maximum Gasteiger partial charge on any atom is 0.326 e. The Kier molecular flexibility index (Phi) is 5.86. The molecule has 1 aliphatic heterocycles. The van der Waals surface area contributed by atoms with E-state index in [1.807, 2.05) is 0 Å². The van der Waals surface area contributed by atoms with Crippen molar-refractivity contribution in [2.45, 2.75) is 36.2 Å². The number of carbonyl (C=O) groups is 3. The van der Waals surface area contributed by atoms with Crippen LogP contribution in [0, 0.1) is 0 Å². The predicted octanol–water partition coefficient (Wildman–Crippen LogP) is 0.0323. The molecule has 3 atom stereocenters. The van der Waals surface area contributed by atoms with E-state index in [1.165, 1.54) is 0 Å². The largest absolute Gasteiger partial charge is 0.480 e. The van der Waals surface area contributed by atoms with Crippen LogP contribution in [-0.4, -0.2) is 44.9 Å². The summed E-state index contributed by atoms with van der Waals surface area (Å²) in [5.74, 6) is -1.80. The van der Waals surface area contributed by atoms with Gasteiger partial charge in [-0.3, -0.25) is 13.8 Å². The van der Waals surface area contributed by atoms with Crippen molar-refractivity contribution in [2.24, 2.45) is 0 Å². The van der Waals surface area contributed by atoms with Crippen molar-refractivity contribution in [3.63, 3.8) is 0 Å². The Balaban J connectivity index is 1.89. The highest BCUT2D eigenvalue weighted by molar-refractivity contribution is 7.85. The number of amides is 2. The van der Waals surface area contributed by atoms with Crippen LogP contribution >= 0.6 is 0 Å². The number of aliphatic carboxylic acids is 1. The van der Waals surface area contributed by atoms with Crippen molar-refractivity contribution in [2.75, 3.05) is 5.75 Å². The van der Waals surface area contributed by atoms with Gasteiger partial charge in [0.05, 0.1) is 10.8 Å². The lowest BCUT2D eigenvalue weighted by Crippen LogP contribution is -2.49. The van der Waals surface area contributed by atoms with E-state index in [1.54, 1.807) is 30.3 Å². The zero-order valence-electron chi connectivity index (χ0n) is 12.4. The maximum atomic E-state index is 12.1. The second-order valence-electron chi connectivity index (χ2n) is 5.21. The highest BCUT2D eigenvalue weighted by Gasteiger charge is 2.30. The number of nitrogens with one attached hydrogen (secondary N) is 2. The van der Waals surface area contributed by atoms with Gasteiger partial charge < -0.3 is 15.7 Å². The Labute approximate surface area is 135 Å². The SMILES string of the molecule is O=C1CC[C@@H](C(=O)N[C@@H](CC[S@@](=O)c2ccccc2)C(=O)O)N1. The summed E-state index contributed by atoms with van der Waals surface area (Å²) in [5.41, 5.74) is 0. The standard InChI is InChI=1S/C15H18N2O5S/c18-13-7-6-11(16-13)14(19)17-12(15(20)21)8-9-23(22)10-4-2-1-3-5-10/h1-5,11-12H,6-9H2,(H,16,18)(H,17,19)(H,20,21)/t11-,12-,23+/m0/s1. The molecule has 0 bridgehead atoms. The van der Waals surface area contributed by atoms with Gasteiger partial charge in [-0.1, -0.05) is 18.2 Å². The lowest BCUT2D eigenvalue weighted by Gasteiger charge is -2.17. The molecule has 0 aromatic heterocycles. The summed E-state index contributed by atoms with van der Waals surface area (Å²) >= 11 is 0. The molecule has 7 nitrogen and oxygen atoms in total. The van der Waals surface area contributed by atoms with Gasteiger partial charge in [-0.2, -0.15) is 0 Å². The monoisotopic (exact) mass is 338 g/mol. The van der Waals surface area contributed by atoms with Crippen LogP contribution in [0.5, 0.6) is 0 Å². The zero-order chi connectivity index (χ0) is 16.8. The van der Waals surface area contributed by atoms with Crippen LogP contribution in [0.1, 0.15) is 19.3 Å². The molecule has 0 saturated carbocycles. The summed E-state index contributed by atoms with van der Waals surface area (Å²) in [6, 6.07) is 6.91. The highest BCUT2D eigenvalue weighted by Crippen LogP contribution is 2.10. The molecule has 2 rings (SSSR count). The van der Waals surface area contributed by atoms with Crippen LogP contribution in [0.2, 0.25) is 0 Å². The molecule has 2 amide bonds. The smallest absolute Gasteiger partial charge is 0.326 e. The maximum absolute atomic E-state index is 12.1. The first-order valence-corrected chi connectivity index (χ1v) is 8.55. The number of benzene rings is 1. The molecule has 1 heterocycles. The van der Waals surface area contributed by atoms with Gasteiger partial charge in [-0.25, -0.2) is 4.79 Å². The van der Waals surface area contributed by atoms with E-state index < -0.39 is 34.8 Å². The van der Waals surface area contributed by atoms with Crippen molar-refractivity contribution in [1.29, 1.82) is 0 Å². The average molecular weight is 338 g/mol. The minimum Gasteiger partial charge on any atom is -0.480 e. The van der Waals surface area contributed by atoms with Gasteiger partial charge >= 0.3 is 5.97 Å². The number of hydrogen-bond acceptors (Lipinski definition) is 4. The van der Waals surface area contributed by atoms with E-state index in [9.17, 15) is 23.7 Å². The molecule has 1 fully saturated rings. The highest BCUT2D eigenvalue weighted by atomic mass is 32.2. The van der Waals surface area contributed by atoms with Crippen molar-refractivity contribution >= 4 is 28.6 Å². The fraction of sp³-hybridized carbons (Fsp3) is 0.400. The van der Waals surface area contributed by atoms with E-state index in [0.29, 0.717) is 11.3 Å². The topological polar surface area (TPSA) is 113 Å². The first-order chi connectivity index (χ1) is 11.0. The van der Waals surface area contributed by atoms with Crippen LogP contribution in [0.25, 0.3) is 0 Å². The second-order valence-corrected chi connectivity index (χ2v) is 6.78. The second kappa shape index (κ2) is 7.87. The summed E-state index contributed by atoms with van der Waals surface area (Å²) in [4.78, 5) is 34.9. The molecule has 0 radical (unpaired) electrons. The Hall–Kier alpha value is -2.22. The molecular formula is C15H18N2O5S. The van der Waals surface area contributed by atoms with Crippen LogP contribution in [0.15, 0.2) is 35.2 Å².